The monoisotopic (exact) mass is 226 g/mol. The predicted octanol–water partition coefficient (Wildman–Crippen LogP) is 4.04. The van der Waals surface area contributed by atoms with E-state index in [-0.39, 0.29) is 6.10 Å². The molecule has 2 aromatic rings. The Bertz CT molecular complexity index is 422. The van der Waals surface area contributed by atoms with Crippen LogP contribution >= 0.6 is 0 Å². The highest BCUT2D eigenvalue weighted by Gasteiger charge is 2.12. The van der Waals surface area contributed by atoms with Crippen molar-refractivity contribution in [3.63, 3.8) is 0 Å². The Labute approximate surface area is 103 Å². The lowest BCUT2D eigenvalue weighted by atomic mass is 9.99. The molecule has 0 saturated carbocycles. The van der Waals surface area contributed by atoms with E-state index in [1.165, 1.54) is 22.3 Å². The van der Waals surface area contributed by atoms with Crippen LogP contribution in [0.4, 0.5) is 0 Å². The van der Waals surface area contributed by atoms with Crippen molar-refractivity contribution in [2.24, 2.45) is 0 Å². The Morgan fingerprint density at radius 1 is 0.706 bits per heavy atom. The van der Waals surface area contributed by atoms with E-state index in [4.69, 9.17) is 4.74 Å². The van der Waals surface area contributed by atoms with Crippen molar-refractivity contribution < 1.29 is 4.74 Å². The summed E-state index contributed by atoms with van der Waals surface area (Å²) in [5, 5.41) is 0. The molecule has 0 aliphatic heterocycles. The van der Waals surface area contributed by atoms with Gasteiger partial charge < -0.3 is 4.74 Å². The average molecular weight is 226 g/mol. The molecule has 0 aliphatic carbocycles. The van der Waals surface area contributed by atoms with E-state index in [0.29, 0.717) is 0 Å². The van der Waals surface area contributed by atoms with E-state index in [2.05, 4.69) is 62.4 Å². The maximum Gasteiger partial charge on any atom is 0.107 e. The van der Waals surface area contributed by atoms with Crippen LogP contribution in [0.25, 0.3) is 0 Å². The molecule has 0 aliphatic rings. The molecule has 0 atom stereocenters. The maximum absolute atomic E-state index is 5.60. The van der Waals surface area contributed by atoms with Crippen molar-refractivity contribution in [2.45, 2.75) is 20.0 Å². The first-order chi connectivity index (χ1) is 8.20. The fraction of sp³-hybridized carbons (Fsp3) is 0.250. The summed E-state index contributed by atoms with van der Waals surface area (Å²) in [6.07, 6.45) is 0.0243. The van der Waals surface area contributed by atoms with Crippen molar-refractivity contribution in [1.29, 1.82) is 0 Å². The van der Waals surface area contributed by atoms with Crippen LogP contribution in [-0.4, -0.2) is 7.11 Å². The number of benzene rings is 2. The summed E-state index contributed by atoms with van der Waals surface area (Å²) in [7, 11) is 1.75. The molecule has 2 rings (SSSR count). The van der Waals surface area contributed by atoms with Gasteiger partial charge in [0.1, 0.15) is 6.10 Å². The standard InChI is InChI=1S/C16H18O/c1-12-4-8-14(9-5-12)16(17-3)15-10-6-13(2)7-11-15/h4-11,16H,1-3H3. The smallest absolute Gasteiger partial charge is 0.107 e. The number of aryl methyl sites for hydroxylation is 2. The summed E-state index contributed by atoms with van der Waals surface area (Å²) in [5.74, 6) is 0. The molecule has 17 heavy (non-hydrogen) atoms. The lowest BCUT2D eigenvalue weighted by Crippen LogP contribution is -2.03. The van der Waals surface area contributed by atoms with E-state index in [1.807, 2.05) is 0 Å². The van der Waals surface area contributed by atoms with Gasteiger partial charge in [-0.1, -0.05) is 59.7 Å². The lowest BCUT2D eigenvalue weighted by Gasteiger charge is -2.16. The number of ether oxygens (including phenoxy) is 1. The van der Waals surface area contributed by atoms with Gasteiger partial charge in [0.25, 0.3) is 0 Å². The van der Waals surface area contributed by atoms with E-state index < -0.39 is 0 Å². The Morgan fingerprint density at radius 3 is 1.35 bits per heavy atom. The summed E-state index contributed by atoms with van der Waals surface area (Å²) in [6, 6.07) is 17.0. The van der Waals surface area contributed by atoms with Gasteiger partial charge in [-0.3, -0.25) is 0 Å². The third-order valence-electron chi connectivity index (χ3n) is 3.00. The Kier molecular flexibility index (Phi) is 3.60. The minimum Gasteiger partial charge on any atom is -0.372 e. The van der Waals surface area contributed by atoms with Crippen LogP contribution < -0.4 is 0 Å². The Hall–Kier alpha value is -1.60. The molecular weight excluding hydrogens is 208 g/mol. The zero-order valence-electron chi connectivity index (χ0n) is 10.6. The van der Waals surface area contributed by atoms with Crippen LogP contribution in [0.15, 0.2) is 48.5 Å². The summed E-state index contributed by atoms with van der Waals surface area (Å²) < 4.78 is 5.60. The van der Waals surface area contributed by atoms with Gasteiger partial charge in [0, 0.05) is 7.11 Å². The second kappa shape index (κ2) is 5.15. The predicted molar refractivity (Wildman–Crippen MR) is 71.2 cm³/mol. The lowest BCUT2D eigenvalue weighted by molar-refractivity contribution is 0.136. The van der Waals surface area contributed by atoms with Crippen molar-refractivity contribution in [2.75, 3.05) is 7.11 Å². The third-order valence-corrected chi connectivity index (χ3v) is 3.00. The molecule has 1 heteroatoms. The first-order valence-corrected chi connectivity index (χ1v) is 5.86. The van der Waals surface area contributed by atoms with E-state index in [9.17, 15) is 0 Å². The zero-order valence-corrected chi connectivity index (χ0v) is 10.6. The largest absolute Gasteiger partial charge is 0.372 e. The zero-order chi connectivity index (χ0) is 12.3. The van der Waals surface area contributed by atoms with Crippen molar-refractivity contribution in [3.8, 4) is 0 Å². The molecule has 0 unspecified atom stereocenters. The van der Waals surface area contributed by atoms with Gasteiger partial charge in [-0.15, -0.1) is 0 Å². The molecule has 0 N–H and O–H groups in total. The van der Waals surface area contributed by atoms with Gasteiger partial charge >= 0.3 is 0 Å². The highest BCUT2D eigenvalue weighted by atomic mass is 16.5. The molecule has 0 radical (unpaired) electrons. The van der Waals surface area contributed by atoms with Crippen molar-refractivity contribution in [3.05, 3.63) is 70.8 Å². The molecular formula is C16H18O. The summed E-state index contributed by atoms with van der Waals surface area (Å²) in [6.45, 7) is 4.19. The molecule has 0 aromatic heterocycles. The number of hydrogen-bond acceptors (Lipinski definition) is 1. The molecule has 0 amide bonds. The average Bonchev–Trinajstić information content (AvgIpc) is 2.35. The van der Waals surface area contributed by atoms with Crippen LogP contribution in [0.5, 0.6) is 0 Å². The molecule has 88 valence electrons. The van der Waals surface area contributed by atoms with Gasteiger partial charge in [0.05, 0.1) is 0 Å². The molecule has 1 nitrogen and oxygen atoms in total. The maximum atomic E-state index is 5.60. The highest BCUT2D eigenvalue weighted by molar-refractivity contribution is 5.33. The molecule has 0 fully saturated rings. The van der Waals surface area contributed by atoms with Gasteiger partial charge in [-0.05, 0) is 25.0 Å². The summed E-state index contributed by atoms with van der Waals surface area (Å²) >= 11 is 0. The molecule has 0 heterocycles. The number of rotatable bonds is 3. The van der Waals surface area contributed by atoms with Crippen molar-refractivity contribution in [1.82, 2.24) is 0 Å². The number of methoxy groups -OCH3 is 1. The minimum absolute atomic E-state index is 0.0243. The molecule has 0 saturated heterocycles. The Balaban J connectivity index is 2.33. The van der Waals surface area contributed by atoms with E-state index in [0.717, 1.165) is 0 Å². The minimum atomic E-state index is 0.0243. The fourth-order valence-electron chi connectivity index (χ4n) is 1.95. The van der Waals surface area contributed by atoms with Crippen molar-refractivity contribution >= 4 is 0 Å². The van der Waals surface area contributed by atoms with Gasteiger partial charge in [-0.2, -0.15) is 0 Å². The van der Waals surface area contributed by atoms with Gasteiger partial charge in [-0.25, -0.2) is 0 Å². The quantitative estimate of drug-likeness (QED) is 0.767. The second-order valence-corrected chi connectivity index (χ2v) is 4.44. The normalized spacial score (nSPS) is 10.8. The van der Waals surface area contributed by atoms with Crippen LogP contribution in [-0.2, 0) is 4.74 Å². The first kappa shape index (κ1) is 11.9. The summed E-state index contributed by atoms with van der Waals surface area (Å²) in [5.41, 5.74) is 4.93. The second-order valence-electron chi connectivity index (χ2n) is 4.44. The molecule has 0 spiro atoms. The van der Waals surface area contributed by atoms with E-state index >= 15 is 0 Å². The van der Waals surface area contributed by atoms with Crippen LogP contribution in [0, 0.1) is 13.8 Å². The first-order valence-electron chi connectivity index (χ1n) is 5.86. The van der Waals surface area contributed by atoms with Gasteiger partial charge in [0.2, 0.25) is 0 Å². The highest BCUT2D eigenvalue weighted by Crippen LogP contribution is 2.25. The van der Waals surface area contributed by atoms with E-state index in [1.54, 1.807) is 7.11 Å². The number of hydrogen-bond donors (Lipinski definition) is 0. The van der Waals surface area contributed by atoms with Crippen LogP contribution in [0.3, 0.4) is 0 Å². The summed E-state index contributed by atoms with van der Waals surface area (Å²) in [4.78, 5) is 0. The fourth-order valence-corrected chi connectivity index (χ4v) is 1.95. The Morgan fingerprint density at radius 2 is 1.06 bits per heavy atom. The molecule has 2 aromatic carbocycles. The van der Waals surface area contributed by atoms with Gasteiger partial charge in [0.15, 0.2) is 0 Å². The van der Waals surface area contributed by atoms with Crippen LogP contribution in [0.1, 0.15) is 28.4 Å². The third kappa shape index (κ3) is 2.75. The topological polar surface area (TPSA) is 9.23 Å². The van der Waals surface area contributed by atoms with Crippen LogP contribution in [0.2, 0.25) is 0 Å². The SMILES string of the molecule is COC(c1ccc(C)cc1)c1ccc(C)cc1. The molecule has 0 bridgehead atoms.